The second-order valence-corrected chi connectivity index (χ2v) is 8.02. The topological polar surface area (TPSA) is 49.4 Å². The minimum Gasteiger partial charge on any atom is -0.332 e. The molecule has 1 heterocycles. The van der Waals surface area contributed by atoms with E-state index in [0.717, 1.165) is 12.8 Å². The number of nitrogens with one attached hydrogen (secondary N) is 1. The van der Waals surface area contributed by atoms with Gasteiger partial charge in [0.1, 0.15) is 0 Å². The molecule has 0 atom stereocenters. The fourth-order valence-electron chi connectivity index (χ4n) is 2.87. The Labute approximate surface area is 160 Å². The molecule has 0 saturated heterocycles. The van der Waals surface area contributed by atoms with Gasteiger partial charge in [-0.3, -0.25) is 9.59 Å². The van der Waals surface area contributed by atoms with Crippen LogP contribution in [-0.2, 0) is 17.6 Å². The Balaban J connectivity index is 1.65. The van der Waals surface area contributed by atoms with Crippen molar-refractivity contribution in [3.8, 4) is 0 Å². The van der Waals surface area contributed by atoms with Gasteiger partial charge in [-0.15, -0.1) is 11.3 Å². The molecule has 2 aromatic rings. The number of hydrogen-bond acceptors (Lipinski definition) is 3. The largest absolute Gasteiger partial charge is 0.332 e. The summed E-state index contributed by atoms with van der Waals surface area (Å²) in [4.78, 5) is 28.2. The SMILES string of the molecule is CN(CC(=O)Nc1c(Cl)cccc1Cl)C(=O)c1cc2c(s1)CCCC2. The molecular formula is C18H18Cl2N2O2S. The van der Waals surface area contributed by atoms with Gasteiger partial charge in [-0.25, -0.2) is 0 Å². The van der Waals surface area contributed by atoms with E-state index in [9.17, 15) is 9.59 Å². The van der Waals surface area contributed by atoms with Gasteiger partial charge in [0.2, 0.25) is 5.91 Å². The number of nitrogens with zero attached hydrogens (tertiary/aromatic N) is 1. The van der Waals surface area contributed by atoms with Gasteiger partial charge in [0, 0.05) is 11.9 Å². The quantitative estimate of drug-likeness (QED) is 0.817. The van der Waals surface area contributed by atoms with E-state index in [1.54, 1.807) is 36.6 Å². The van der Waals surface area contributed by atoms with Gasteiger partial charge in [0.25, 0.3) is 5.91 Å². The van der Waals surface area contributed by atoms with Crippen molar-refractivity contribution in [3.05, 3.63) is 49.6 Å². The molecule has 1 aliphatic carbocycles. The first-order valence-corrected chi connectivity index (χ1v) is 9.64. The Bertz CT molecular complexity index is 776. The molecule has 4 nitrogen and oxygen atoms in total. The van der Waals surface area contributed by atoms with E-state index in [1.807, 2.05) is 6.07 Å². The lowest BCUT2D eigenvalue weighted by Crippen LogP contribution is -2.34. The molecule has 1 aliphatic rings. The number of amides is 2. The first-order chi connectivity index (χ1) is 12.0. The Hall–Kier alpha value is -1.56. The monoisotopic (exact) mass is 396 g/mol. The number of thiophene rings is 1. The highest BCUT2D eigenvalue weighted by molar-refractivity contribution is 7.14. The zero-order chi connectivity index (χ0) is 18.0. The highest BCUT2D eigenvalue weighted by atomic mass is 35.5. The first kappa shape index (κ1) is 18.2. The molecule has 0 aliphatic heterocycles. The average molecular weight is 397 g/mol. The summed E-state index contributed by atoms with van der Waals surface area (Å²) in [6.07, 6.45) is 4.43. The van der Waals surface area contributed by atoms with E-state index >= 15 is 0 Å². The van der Waals surface area contributed by atoms with E-state index in [1.165, 1.54) is 28.2 Å². The van der Waals surface area contributed by atoms with Crippen molar-refractivity contribution in [1.29, 1.82) is 0 Å². The predicted molar refractivity (Wildman–Crippen MR) is 103 cm³/mol. The van der Waals surface area contributed by atoms with E-state index in [2.05, 4.69) is 5.32 Å². The molecule has 0 unspecified atom stereocenters. The van der Waals surface area contributed by atoms with Gasteiger partial charge in [0.15, 0.2) is 0 Å². The molecule has 3 rings (SSSR count). The number of likely N-dealkylation sites (N-methyl/N-ethyl adjacent to an activating group) is 1. The minimum absolute atomic E-state index is 0.0665. The second kappa shape index (κ2) is 7.77. The maximum Gasteiger partial charge on any atom is 0.264 e. The molecule has 7 heteroatoms. The highest BCUT2D eigenvalue weighted by Crippen LogP contribution is 2.31. The van der Waals surface area contributed by atoms with Crippen molar-refractivity contribution in [1.82, 2.24) is 4.90 Å². The summed E-state index contributed by atoms with van der Waals surface area (Å²) in [5.41, 5.74) is 1.64. The lowest BCUT2D eigenvalue weighted by molar-refractivity contribution is -0.116. The van der Waals surface area contributed by atoms with Crippen molar-refractivity contribution in [2.45, 2.75) is 25.7 Å². The van der Waals surface area contributed by atoms with Crippen LogP contribution in [0.3, 0.4) is 0 Å². The Morgan fingerprint density at radius 2 is 1.88 bits per heavy atom. The number of rotatable bonds is 4. The molecule has 132 valence electrons. The number of fused-ring (bicyclic) bond motifs is 1. The average Bonchev–Trinajstić information content (AvgIpc) is 3.01. The number of benzene rings is 1. The summed E-state index contributed by atoms with van der Waals surface area (Å²) in [6, 6.07) is 6.97. The van der Waals surface area contributed by atoms with Gasteiger partial charge in [-0.05, 0) is 49.4 Å². The summed E-state index contributed by atoms with van der Waals surface area (Å²) in [5.74, 6) is -0.480. The number of para-hydroxylation sites is 1. The second-order valence-electron chi connectivity index (χ2n) is 6.07. The summed E-state index contributed by atoms with van der Waals surface area (Å²) in [5, 5.41) is 3.39. The molecule has 1 N–H and O–H groups in total. The molecule has 1 aromatic heterocycles. The Kier molecular flexibility index (Phi) is 5.67. The lowest BCUT2D eigenvalue weighted by atomic mass is 9.99. The van der Waals surface area contributed by atoms with Crippen LogP contribution in [0, 0.1) is 0 Å². The molecule has 1 aromatic carbocycles. The molecule has 0 fully saturated rings. The Morgan fingerprint density at radius 1 is 1.20 bits per heavy atom. The van der Waals surface area contributed by atoms with Crippen molar-refractivity contribution in [2.75, 3.05) is 18.9 Å². The van der Waals surface area contributed by atoms with Crippen LogP contribution >= 0.6 is 34.5 Å². The third-order valence-corrected chi connectivity index (χ3v) is 6.02. The zero-order valence-corrected chi connectivity index (χ0v) is 16.1. The molecule has 0 saturated carbocycles. The first-order valence-electron chi connectivity index (χ1n) is 8.06. The van der Waals surface area contributed by atoms with E-state index in [0.29, 0.717) is 20.6 Å². The van der Waals surface area contributed by atoms with Gasteiger partial charge in [-0.2, -0.15) is 0 Å². The predicted octanol–water partition coefficient (Wildman–Crippen LogP) is 4.64. The fourth-order valence-corrected chi connectivity index (χ4v) is 4.61. The standard InChI is InChI=1S/C18H18Cl2N2O2S/c1-22(10-16(23)21-17-12(19)6-4-7-13(17)20)18(24)15-9-11-5-2-3-8-14(11)25-15/h4,6-7,9H,2-3,5,8,10H2,1H3,(H,21,23). The highest BCUT2D eigenvalue weighted by Gasteiger charge is 2.21. The van der Waals surface area contributed by atoms with Crippen LogP contribution < -0.4 is 5.32 Å². The maximum atomic E-state index is 12.6. The fraction of sp³-hybridized carbons (Fsp3) is 0.333. The van der Waals surface area contributed by atoms with Crippen LogP contribution in [-0.4, -0.2) is 30.3 Å². The van der Waals surface area contributed by atoms with Gasteiger partial charge < -0.3 is 10.2 Å². The number of halogens is 2. The van der Waals surface area contributed by atoms with Crippen LogP contribution in [0.2, 0.25) is 10.0 Å². The lowest BCUT2D eigenvalue weighted by Gasteiger charge is -2.16. The van der Waals surface area contributed by atoms with Crippen LogP contribution in [0.15, 0.2) is 24.3 Å². The van der Waals surface area contributed by atoms with Crippen LogP contribution in [0.1, 0.15) is 33.0 Å². The molecule has 0 radical (unpaired) electrons. The molecule has 0 spiro atoms. The number of aryl methyl sites for hydroxylation is 2. The summed E-state index contributed by atoms with van der Waals surface area (Å²) < 4.78 is 0. The van der Waals surface area contributed by atoms with Crippen LogP contribution in [0.5, 0.6) is 0 Å². The normalized spacial score (nSPS) is 13.2. The van der Waals surface area contributed by atoms with E-state index in [4.69, 9.17) is 23.2 Å². The maximum absolute atomic E-state index is 12.6. The van der Waals surface area contributed by atoms with Crippen LogP contribution in [0.4, 0.5) is 5.69 Å². The Morgan fingerprint density at radius 3 is 2.56 bits per heavy atom. The van der Waals surface area contributed by atoms with Crippen molar-refractivity contribution >= 4 is 52.0 Å². The van der Waals surface area contributed by atoms with E-state index < -0.39 is 0 Å². The third-order valence-electron chi connectivity index (χ3n) is 4.16. The number of anilines is 1. The molecular weight excluding hydrogens is 379 g/mol. The number of carbonyl (C=O) groups excluding carboxylic acids is 2. The smallest absolute Gasteiger partial charge is 0.264 e. The number of carbonyl (C=O) groups is 2. The summed E-state index contributed by atoms with van der Waals surface area (Å²) >= 11 is 13.6. The molecule has 2 amide bonds. The summed E-state index contributed by atoms with van der Waals surface area (Å²) in [6.45, 7) is -0.0665. The van der Waals surface area contributed by atoms with Crippen molar-refractivity contribution < 1.29 is 9.59 Å². The van der Waals surface area contributed by atoms with E-state index in [-0.39, 0.29) is 18.4 Å². The number of hydrogen-bond donors (Lipinski definition) is 1. The molecule has 0 bridgehead atoms. The van der Waals surface area contributed by atoms with Gasteiger partial charge >= 0.3 is 0 Å². The molecule has 25 heavy (non-hydrogen) atoms. The third kappa shape index (κ3) is 4.17. The summed E-state index contributed by atoms with van der Waals surface area (Å²) in [7, 11) is 1.62. The van der Waals surface area contributed by atoms with Gasteiger partial charge in [-0.1, -0.05) is 29.3 Å². The zero-order valence-electron chi connectivity index (χ0n) is 13.8. The minimum atomic E-state index is -0.341. The van der Waals surface area contributed by atoms with Crippen molar-refractivity contribution in [2.24, 2.45) is 0 Å². The van der Waals surface area contributed by atoms with Crippen molar-refractivity contribution in [3.63, 3.8) is 0 Å². The van der Waals surface area contributed by atoms with Crippen LogP contribution in [0.25, 0.3) is 0 Å². The van der Waals surface area contributed by atoms with Gasteiger partial charge in [0.05, 0.1) is 27.2 Å².